The number of hydrogen-bond acceptors (Lipinski definition) is 6. The van der Waals surface area contributed by atoms with Crippen LogP contribution in [0.3, 0.4) is 0 Å². The van der Waals surface area contributed by atoms with Crippen LogP contribution >= 0.6 is 0 Å². The van der Waals surface area contributed by atoms with E-state index in [2.05, 4.69) is 70.3 Å². The number of oxazole rings is 2. The van der Waals surface area contributed by atoms with Gasteiger partial charge in [-0.05, 0) is 130 Å². The molecule has 0 bridgehead atoms. The summed E-state index contributed by atoms with van der Waals surface area (Å²) in [5.41, 5.74) is 5.62. The Kier molecular flexibility index (Phi) is 12.1. The molecular formula is C46H61N5O7. The monoisotopic (exact) mass is 795 g/mol. The van der Waals surface area contributed by atoms with Crippen LogP contribution in [0.2, 0.25) is 0 Å². The van der Waals surface area contributed by atoms with E-state index in [1.165, 1.54) is 25.2 Å². The SMILES string of the molecule is Cn1c(=O)oc2cc(C3CCN(C(=O)NCCCCc4ccccc4)C(C)(C)C3C(C)(C)C)ccc21.Cn1c(=O)oc2cc(C3CCN(C(=O)O)C(C)(C)C3)ccc21. The minimum atomic E-state index is -0.868. The maximum Gasteiger partial charge on any atom is 0.419 e. The highest BCUT2D eigenvalue weighted by molar-refractivity contribution is 5.76. The van der Waals surface area contributed by atoms with Gasteiger partial charge >= 0.3 is 23.6 Å². The number of carbonyl (C=O) groups is 2. The molecule has 0 spiro atoms. The average molecular weight is 796 g/mol. The van der Waals surface area contributed by atoms with Crippen LogP contribution in [0.15, 0.2) is 85.2 Å². The summed E-state index contributed by atoms with van der Waals surface area (Å²) in [5.74, 6) is 0.0269. The molecule has 0 aliphatic carbocycles. The van der Waals surface area contributed by atoms with Crippen molar-refractivity contribution in [2.75, 3.05) is 19.6 Å². The Morgan fingerprint density at radius 1 is 0.793 bits per heavy atom. The molecule has 2 aliphatic rings. The molecule has 4 heterocycles. The fraction of sp³-hybridized carbons (Fsp3) is 0.522. The topological polar surface area (TPSA) is 143 Å². The molecule has 0 radical (unpaired) electrons. The van der Waals surface area contributed by atoms with Crippen molar-refractivity contribution in [3.8, 4) is 0 Å². The summed E-state index contributed by atoms with van der Waals surface area (Å²) >= 11 is 0. The van der Waals surface area contributed by atoms with Gasteiger partial charge in [0.2, 0.25) is 0 Å². The fourth-order valence-corrected chi connectivity index (χ4v) is 9.99. The average Bonchev–Trinajstić information content (AvgIpc) is 3.61. The molecule has 2 aromatic heterocycles. The minimum Gasteiger partial charge on any atom is -0.465 e. The molecule has 0 saturated carbocycles. The van der Waals surface area contributed by atoms with E-state index in [-0.39, 0.29) is 46.3 Å². The highest BCUT2D eigenvalue weighted by Gasteiger charge is 2.51. The number of benzene rings is 3. The highest BCUT2D eigenvalue weighted by atomic mass is 16.4. The number of likely N-dealkylation sites (tertiary alicyclic amines) is 2. The zero-order valence-electron chi connectivity index (χ0n) is 35.6. The number of fused-ring (bicyclic) bond motifs is 2. The first-order chi connectivity index (χ1) is 27.3. The highest BCUT2D eigenvalue weighted by Crippen LogP contribution is 2.51. The molecule has 7 rings (SSSR count). The Labute approximate surface area is 340 Å². The van der Waals surface area contributed by atoms with E-state index in [1.54, 1.807) is 14.1 Å². The second-order valence-electron chi connectivity index (χ2n) is 18.5. The third-order valence-corrected chi connectivity index (χ3v) is 12.7. The van der Waals surface area contributed by atoms with E-state index in [4.69, 9.17) is 8.83 Å². The lowest BCUT2D eigenvalue weighted by Gasteiger charge is -2.56. The number of hydrogen-bond donors (Lipinski definition) is 2. The summed E-state index contributed by atoms with van der Waals surface area (Å²) in [6, 6.07) is 22.5. The number of nitrogens with zero attached hydrogens (tertiary/aromatic N) is 4. The predicted octanol–water partition coefficient (Wildman–Crippen LogP) is 8.86. The van der Waals surface area contributed by atoms with Gasteiger partial charge in [0.15, 0.2) is 11.2 Å². The van der Waals surface area contributed by atoms with E-state index in [0.717, 1.165) is 55.1 Å². The smallest absolute Gasteiger partial charge is 0.419 e. The van der Waals surface area contributed by atoms with Crippen LogP contribution in [0.4, 0.5) is 9.59 Å². The van der Waals surface area contributed by atoms with Gasteiger partial charge in [-0.15, -0.1) is 0 Å². The molecular weight excluding hydrogens is 735 g/mol. The third-order valence-electron chi connectivity index (χ3n) is 12.7. The second kappa shape index (κ2) is 16.5. The predicted molar refractivity (Wildman–Crippen MR) is 228 cm³/mol. The quantitative estimate of drug-likeness (QED) is 0.157. The van der Waals surface area contributed by atoms with Crippen LogP contribution in [-0.2, 0) is 20.5 Å². The van der Waals surface area contributed by atoms with Gasteiger partial charge in [-0.3, -0.25) is 9.13 Å². The molecule has 2 aliphatic heterocycles. The van der Waals surface area contributed by atoms with E-state index in [9.17, 15) is 24.3 Å². The Morgan fingerprint density at radius 2 is 1.36 bits per heavy atom. The van der Waals surface area contributed by atoms with Gasteiger partial charge in [0.1, 0.15) is 0 Å². The molecule has 2 N–H and O–H groups in total. The van der Waals surface area contributed by atoms with Crippen molar-refractivity contribution in [1.29, 1.82) is 0 Å². The number of amides is 3. The number of piperidine rings is 2. The largest absolute Gasteiger partial charge is 0.465 e. The maximum absolute atomic E-state index is 13.3. The number of unbranched alkanes of at least 4 members (excludes halogenated alkanes) is 1. The lowest BCUT2D eigenvalue weighted by atomic mass is 9.59. The van der Waals surface area contributed by atoms with Crippen LogP contribution < -0.4 is 16.8 Å². The van der Waals surface area contributed by atoms with Crippen molar-refractivity contribution in [3.63, 3.8) is 0 Å². The molecule has 12 heteroatoms. The van der Waals surface area contributed by atoms with Crippen LogP contribution in [0.25, 0.3) is 22.2 Å². The summed E-state index contributed by atoms with van der Waals surface area (Å²) in [4.78, 5) is 51.8. The minimum absolute atomic E-state index is 0.0249. The van der Waals surface area contributed by atoms with Crippen LogP contribution in [0.5, 0.6) is 0 Å². The molecule has 5 aromatic rings. The van der Waals surface area contributed by atoms with Crippen molar-refractivity contribution in [3.05, 3.63) is 105 Å². The maximum atomic E-state index is 13.3. The zero-order chi connectivity index (χ0) is 42.2. The molecule has 12 nitrogen and oxygen atoms in total. The van der Waals surface area contributed by atoms with Crippen LogP contribution in [0.1, 0.15) is 109 Å². The first-order valence-corrected chi connectivity index (χ1v) is 20.6. The lowest BCUT2D eigenvalue weighted by Crippen LogP contribution is -2.62. The number of carboxylic acid groups (broad SMARTS) is 1. The number of urea groups is 1. The molecule has 3 aromatic carbocycles. The van der Waals surface area contributed by atoms with Crippen molar-refractivity contribution in [2.45, 2.75) is 110 Å². The van der Waals surface area contributed by atoms with Crippen molar-refractivity contribution in [2.24, 2.45) is 25.4 Å². The van der Waals surface area contributed by atoms with E-state index in [0.29, 0.717) is 30.8 Å². The van der Waals surface area contributed by atoms with E-state index >= 15 is 0 Å². The summed E-state index contributed by atoms with van der Waals surface area (Å²) in [7, 11) is 3.41. The number of carbonyl (C=O) groups excluding carboxylic acids is 1. The summed E-state index contributed by atoms with van der Waals surface area (Å²) in [5, 5.41) is 12.5. The van der Waals surface area contributed by atoms with Crippen molar-refractivity contribution in [1.82, 2.24) is 24.3 Å². The normalized spacial score (nSPS) is 20.5. The standard InChI is InChI=1S/C30H41N3O3.C16H20N2O4/c1-29(2,3)26-23(22-15-16-24-25(20-22)36-28(35)32(24)6)17-19-33(30(26,4)5)27(34)31-18-11-10-14-21-12-8-7-9-13-21;1-16(2)9-11(6-7-18(16)14(19)20)10-4-5-12-13(8-10)22-15(21)17(12)3/h7-9,12-13,15-16,20,23,26H,10-11,14,17-19H2,1-6H3,(H,31,34);4-5,8,11H,6-7,9H2,1-3H3,(H,19,20). The van der Waals surface area contributed by atoms with Gasteiger partial charge in [0.05, 0.1) is 11.0 Å². The number of rotatable bonds is 7. The number of aryl methyl sites for hydroxylation is 3. The Balaban J connectivity index is 0.000000220. The van der Waals surface area contributed by atoms with Crippen LogP contribution in [0, 0.1) is 11.3 Å². The van der Waals surface area contributed by atoms with Crippen LogP contribution in [-0.4, -0.2) is 66.9 Å². The second-order valence-corrected chi connectivity index (χ2v) is 18.5. The van der Waals surface area contributed by atoms with Gasteiger partial charge in [-0.1, -0.05) is 63.2 Å². The van der Waals surface area contributed by atoms with Crippen molar-refractivity contribution < 1.29 is 23.5 Å². The fourth-order valence-electron chi connectivity index (χ4n) is 9.99. The summed E-state index contributed by atoms with van der Waals surface area (Å²) < 4.78 is 13.8. The van der Waals surface area contributed by atoms with Gasteiger partial charge in [-0.25, -0.2) is 19.2 Å². The molecule has 2 fully saturated rings. The van der Waals surface area contributed by atoms with Gasteiger partial charge in [-0.2, -0.15) is 0 Å². The Bertz CT molecular complexity index is 2360. The van der Waals surface area contributed by atoms with Gasteiger partial charge in [0.25, 0.3) is 0 Å². The molecule has 2 saturated heterocycles. The third kappa shape index (κ3) is 8.76. The molecule has 3 unspecified atom stereocenters. The van der Waals surface area contributed by atoms with Gasteiger partial charge < -0.3 is 29.1 Å². The molecule has 58 heavy (non-hydrogen) atoms. The Morgan fingerprint density at radius 3 is 1.93 bits per heavy atom. The molecule has 3 amide bonds. The van der Waals surface area contributed by atoms with Crippen molar-refractivity contribution >= 4 is 34.3 Å². The zero-order valence-corrected chi connectivity index (χ0v) is 35.6. The molecule has 312 valence electrons. The van der Waals surface area contributed by atoms with Gasteiger partial charge in [0, 0.05) is 44.8 Å². The summed E-state index contributed by atoms with van der Waals surface area (Å²) in [6.07, 6.45) is 4.58. The number of nitrogens with one attached hydrogen (secondary N) is 1. The number of aromatic nitrogens is 2. The molecule has 3 atom stereocenters. The Hall–Kier alpha value is -5.26. The van der Waals surface area contributed by atoms with E-state index < -0.39 is 11.6 Å². The van der Waals surface area contributed by atoms with E-state index in [1.807, 2.05) is 55.1 Å². The first kappa shape index (κ1) is 42.3. The summed E-state index contributed by atoms with van der Waals surface area (Å²) in [6.45, 7) is 17.0. The first-order valence-electron chi connectivity index (χ1n) is 20.6. The lowest BCUT2D eigenvalue weighted by molar-refractivity contribution is -0.0182.